The maximum atomic E-state index is 2.45. The number of hydrogen-bond donors (Lipinski definition) is 0. The lowest BCUT2D eigenvalue weighted by Crippen LogP contribution is -2.37. The zero-order chi connectivity index (χ0) is 14.7. The smallest absolute Gasteiger partial charge is 0.0136 e. The molecular weight excluding hydrogens is 290 g/mol. The molecule has 0 aromatic heterocycles. The van der Waals surface area contributed by atoms with Gasteiger partial charge in [-0.15, -0.1) is 12.4 Å². The average molecular weight is 322 g/mol. The Bertz CT molecular complexity index is 449. The highest BCUT2D eigenvalue weighted by molar-refractivity contribution is 5.85. The summed E-state index contributed by atoms with van der Waals surface area (Å²) in [5, 5.41) is 0. The van der Waals surface area contributed by atoms with E-state index in [0.29, 0.717) is 0 Å². The summed E-state index contributed by atoms with van der Waals surface area (Å²) >= 11 is 0. The van der Waals surface area contributed by atoms with Crippen LogP contribution in [0.2, 0.25) is 0 Å². The summed E-state index contributed by atoms with van der Waals surface area (Å²) in [7, 11) is 4.52. The third-order valence-electron chi connectivity index (χ3n) is 5.89. The lowest BCUT2D eigenvalue weighted by Gasteiger charge is -2.39. The van der Waals surface area contributed by atoms with E-state index in [1.54, 1.807) is 11.1 Å². The minimum absolute atomic E-state index is 0. The third-order valence-corrected chi connectivity index (χ3v) is 5.89. The van der Waals surface area contributed by atoms with Crippen molar-refractivity contribution in [3.63, 3.8) is 0 Å². The van der Waals surface area contributed by atoms with Crippen LogP contribution in [-0.2, 0) is 6.42 Å². The molecule has 1 aromatic carbocycles. The van der Waals surface area contributed by atoms with Gasteiger partial charge in [0, 0.05) is 6.04 Å². The molecule has 2 atom stereocenters. The Morgan fingerprint density at radius 3 is 2.23 bits per heavy atom. The molecule has 2 aliphatic carbocycles. The van der Waals surface area contributed by atoms with Gasteiger partial charge in [-0.1, -0.05) is 56.4 Å². The van der Waals surface area contributed by atoms with Crippen molar-refractivity contribution in [3.05, 3.63) is 35.4 Å². The van der Waals surface area contributed by atoms with Gasteiger partial charge in [-0.25, -0.2) is 0 Å². The number of fused-ring (bicyclic) bond motifs is 1. The largest absolute Gasteiger partial charge is 0.306 e. The Kier molecular flexibility index (Phi) is 6.77. The van der Waals surface area contributed by atoms with Crippen LogP contribution in [0.4, 0.5) is 0 Å². The van der Waals surface area contributed by atoms with E-state index >= 15 is 0 Å². The molecule has 0 bridgehead atoms. The zero-order valence-corrected chi connectivity index (χ0v) is 15.1. The highest BCUT2D eigenvalue weighted by atomic mass is 35.5. The molecule has 1 saturated carbocycles. The molecule has 2 heteroatoms. The van der Waals surface area contributed by atoms with Gasteiger partial charge in [0.15, 0.2) is 0 Å². The van der Waals surface area contributed by atoms with Gasteiger partial charge in [-0.2, -0.15) is 0 Å². The van der Waals surface area contributed by atoms with E-state index in [0.717, 1.165) is 17.9 Å². The molecule has 0 saturated heterocycles. The molecule has 1 nitrogen and oxygen atoms in total. The van der Waals surface area contributed by atoms with Crippen molar-refractivity contribution in [2.24, 2.45) is 5.92 Å². The van der Waals surface area contributed by atoms with Crippen LogP contribution in [-0.4, -0.2) is 25.0 Å². The normalized spacial score (nSPS) is 26.7. The van der Waals surface area contributed by atoms with Crippen LogP contribution in [0, 0.1) is 5.92 Å². The number of rotatable bonds is 2. The van der Waals surface area contributed by atoms with Gasteiger partial charge in [-0.3, -0.25) is 0 Å². The lowest BCUT2D eigenvalue weighted by atomic mass is 9.70. The van der Waals surface area contributed by atoms with Crippen LogP contribution in [0.25, 0.3) is 0 Å². The molecule has 2 aliphatic rings. The van der Waals surface area contributed by atoms with Crippen molar-refractivity contribution in [2.75, 3.05) is 14.1 Å². The van der Waals surface area contributed by atoms with Crippen LogP contribution in [0.15, 0.2) is 24.3 Å². The highest BCUT2D eigenvalue weighted by Crippen LogP contribution is 2.42. The van der Waals surface area contributed by atoms with Gasteiger partial charge in [0.05, 0.1) is 0 Å². The van der Waals surface area contributed by atoms with Crippen LogP contribution in [0.3, 0.4) is 0 Å². The first-order valence-corrected chi connectivity index (χ1v) is 9.00. The van der Waals surface area contributed by atoms with Crippen molar-refractivity contribution in [3.8, 4) is 0 Å². The number of halogens is 1. The molecular formula is C20H32ClN. The second kappa shape index (κ2) is 8.36. The molecule has 1 aromatic rings. The molecule has 3 rings (SSSR count). The van der Waals surface area contributed by atoms with E-state index in [9.17, 15) is 0 Å². The van der Waals surface area contributed by atoms with Crippen molar-refractivity contribution in [2.45, 2.75) is 69.7 Å². The monoisotopic (exact) mass is 321 g/mol. The van der Waals surface area contributed by atoms with Crippen molar-refractivity contribution in [1.29, 1.82) is 0 Å². The molecule has 0 heterocycles. The number of likely N-dealkylation sites (N-methyl/N-ethyl adjacent to an activating group) is 1. The topological polar surface area (TPSA) is 3.24 Å². The summed E-state index contributed by atoms with van der Waals surface area (Å²) in [4.78, 5) is 2.45. The molecule has 0 amide bonds. The first kappa shape index (κ1) is 17.8. The quantitative estimate of drug-likeness (QED) is 0.702. The van der Waals surface area contributed by atoms with E-state index in [1.165, 1.54) is 57.8 Å². The number of nitrogens with zero attached hydrogens (tertiary/aromatic N) is 1. The minimum Gasteiger partial charge on any atom is -0.306 e. The van der Waals surface area contributed by atoms with Crippen molar-refractivity contribution in [1.82, 2.24) is 4.90 Å². The summed E-state index contributed by atoms with van der Waals surface area (Å²) < 4.78 is 0. The fourth-order valence-corrected chi connectivity index (χ4v) is 4.57. The predicted octanol–water partition coefficient (Wildman–Crippen LogP) is 5.43. The van der Waals surface area contributed by atoms with Crippen molar-refractivity contribution >= 4 is 12.4 Å². The maximum absolute atomic E-state index is 2.45. The predicted molar refractivity (Wildman–Crippen MR) is 98.0 cm³/mol. The second-order valence-corrected chi connectivity index (χ2v) is 7.47. The van der Waals surface area contributed by atoms with E-state index in [-0.39, 0.29) is 12.4 Å². The average Bonchev–Trinajstić information content (AvgIpc) is 2.46. The Morgan fingerprint density at radius 1 is 0.909 bits per heavy atom. The van der Waals surface area contributed by atoms with Gasteiger partial charge < -0.3 is 4.90 Å². The molecule has 0 unspecified atom stereocenters. The summed E-state index contributed by atoms with van der Waals surface area (Å²) in [6.45, 7) is 0. The van der Waals surface area contributed by atoms with E-state index in [2.05, 4.69) is 43.3 Å². The zero-order valence-electron chi connectivity index (χ0n) is 14.3. The molecule has 0 aliphatic heterocycles. The fraction of sp³-hybridized carbons (Fsp3) is 0.700. The Balaban J connectivity index is 0.00000176. The summed E-state index contributed by atoms with van der Waals surface area (Å²) in [6.07, 6.45) is 12.8. The van der Waals surface area contributed by atoms with Crippen LogP contribution in [0.1, 0.15) is 68.4 Å². The molecule has 1 fully saturated rings. The van der Waals surface area contributed by atoms with E-state index in [4.69, 9.17) is 0 Å². The van der Waals surface area contributed by atoms with Crippen LogP contribution in [0.5, 0.6) is 0 Å². The molecule has 0 spiro atoms. The summed E-state index contributed by atoms with van der Waals surface area (Å²) in [5.41, 5.74) is 3.30. The first-order valence-electron chi connectivity index (χ1n) is 9.00. The van der Waals surface area contributed by atoms with Gasteiger partial charge >= 0.3 is 0 Å². The maximum Gasteiger partial charge on any atom is 0.0136 e. The lowest BCUT2D eigenvalue weighted by molar-refractivity contribution is 0.209. The summed E-state index contributed by atoms with van der Waals surface area (Å²) in [5.74, 6) is 1.73. The Morgan fingerprint density at radius 2 is 1.55 bits per heavy atom. The standard InChI is InChI=1S/C20H31N.ClH/c1-21(2)18-14-17-12-8-9-13-19(17)20(15-18)16-10-6-4-3-5-7-11-16;/h8-9,12-13,16,18,20H,3-7,10-11,14-15H2,1-2H3;1H/t18-,20-;/m1./s1. The third kappa shape index (κ3) is 4.06. The number of hydrogen-bond acceptors (Lipinski definition) is 1. The molecule has 0 N–H and O–H groups in total. The van der Waals surface area contributed by atoms with Crippen LogP contribution >= 0.6 is 12.4 Å². The first-order chi connectivity index (χ1) is 10.3. The fourth-order valence-electron chi connectivity index (χ4n) is 4.57. The molecule has 22 heavy (non-hydrogen) atoms. The van der Waals surface area contributed by atoms with Crippen molar-refractivity contribution < 1.29 is 0 Å². The molecule has 0 radical (unpaired) electrons. The Labute approximate surface area is 142 Å². The van der Waals surface area contributed by atoms with E-state index in [1.807, 2.05) is 0 Å². The number of benzene rings is 1. The second-order valence-electron chi connectivity index (χ2n) is 7.47. The Hall–Kier alpha value is -0.530. The van der Waals surface area contributed by atoms with E-state index < -0.39 is 0 Å². The SMILES string of the molecule is CN(C)[C@@H]1Cc2ccccc2[C@@H](C2CCCCCCC2)C1.Cl. The molecule has 124 valence electrons. The van der Waals surface area contributed by atoms with Gasteiger partial charge in [-0.05, 0) is 62.7 Å². The van der Waals surface area contributed by atoms with Gasteiger partial charge in [0.1, 0.15) is 0 Å². The van der Waals surface area contributed by atoms with Gasteiger partial charge in [0.25, 0.3) is 0 Å². The van der Waals surface area contributed by atoms with Gasteiger partial charge in [0.2, 0.25) is 0 Å². The summed E-state index contributed by atoms with van der Waals surface area (Å²) in [6, 6.07) is 10.0. The minimum atomic E-state index is 0. The van der Waals surface area contributed by atoms with Crippen LogP contribution < -0.4 is 0 Å². The highest BCUT2D eigenvalue weighted by Gasteiger charge is 2.32.